The first kappa shape index (κ1) is 18.5. The molecule has 0 spiro atoms. The Balaban J connectivity index is 1.60. The van der Waals surface area contributed by atoms with Gasteiger partial charge < -0.3 is 14.6 Å². The van der Waals surface area contributed by atoms with Gasteiger partial charge in [-0.05, 0) is 68.8 Å². The molecule has 1 amide bonds. The molecule has 0 atom stereocenters. The lowest BCUT2D eigenvalue weighted by Crippen LogP contribution is -2.21. The van der Waals surface area contributed by atoms with Crippen LogP contribution in [0.2, 0.25) is 0 Å². The predicted octanol–water partition coefficient (Wildman–Crippen LogP) is 4.20. The van der Waals surface area contributed by atoms with Crippen LogP contribution in [0, 0.1) is 20.8 Å². The molecule has 3 aromatic rings. The Kier molecular flexibility index (Phi) is 5.41. The van der Waals surface area contributed by atoms with Crippen molar-refractivity contribution in [2.45, 2.75) is 20.8 Å². The molecule has 0 aliphatic rings. The summed E-state index contributed by atoms with van der Waals surface area (Å²) in [5.74, 6) is -0.893. The second kappa shape index (κ2) is 7.91. The summed E-state index contributed by atoms with van der Waals surface area (Å²) >= 11 is 0. The third-order valence-corrected chi connectivity index (χ3v) is 4.39. The van der Waals surface area contributed by atoms with E-state index < -0.39 is 5.97 Å². The maximum absolute atomic E-state index is 12.2. The van der Waals surface area contributed by atoms with Crippen LogP contribution in [-0.4, -0.2) is 23.1 Å². The highest BCUT2D eigenvalue weighted by Gasteiger charge is 2.12. The van der Waals surface area contributed by atoms with Crippen LogP contribution < -0.4 is 5.32 Å². The molecular formula is C22H22N2O3. The number of amides is 1. The van der Waals surface area contributed by atoms with Gasteiger partial charge in [0.1, 0.15) is 0 Å². The van der Waals surface area contributed by atoms with Crippen molar-refractivity contribution < 1.29 is 14.3 Å². The largest absolute Gasteiger partial charge is 0.452 e. The van der Waals surface area contributed by atoms with Crippen molar-refractivity contribution in [3.63, 3.8) is 0 Å². The molecule has 0 aliphatic carbocycles. The number of carbonyl (C=O) groups excluding carboxylic acids is 2. The number of rotatable bonds is 5. The molecule has 3 rings (SSSR count). The van der Waals surface area contributed by atoms with Gasteiger partial charge in [-0.3, -0.25) is 4.79 Å². The first-order valence-electron chi connectivity index (χ1n) is 8.73. The first-order valence-corrected chi connectivity index (χ1v) is 8.73. The van der Waals surface area contributed by atoms with Crippen LogP contribution in [0.4, 0.5) is 5.69 Å². The fraction of sp³-hybridized carbons (Fsp3) is 0.182. The van der Waals surface area contributed by atoms with E-state index >= 15 is 0 Å². The van der Waals surface area contributed by atoms with Gasteiger partial charge in [0.15, 0.2) is 6.61 Å². The van der Waals surface area contributed by atoms with Crippen LogP contribution in [0.1, 0.15) is 27.3 Å². The lowest BCUT2D eigenvalue weighted by Gasteiger charge is -2.11. The van der Waals surface area contributed by atoms with Crippen molar-refractivity contribution in [1.82, 2.24) is 4.57 Å². The second-order valence-corrected chi connectivity index (χ2v) is 6.44. The van der Waals surface area contributed by atoms with E-state index in [9.17, 15) is 9.59 Å². The number of carbonyl (C=O) groups is 2. The van der Waals surface area contributed by atoms with Crippen LogP contribution in [0.15, 0.2) is 60.7 Å². The summed E-state index contributed by atoms with van der Waals surface area (Å²) in [4.78, 5) is 24.2. The number of nitrogens with zero attached hydrogens (tertiary/aromatic N) is 1. The highest BCUT2D eigenvalue weighted by Crippen LogP contribution is 2.17. The summed E-state index contributed by atoms with van der Waals surface area (Å²) in [5, 5.41) is 2.74. The standard InChI is InChI=1S/C22H22N2O3/c1-15-6-4-5-7-20(15)23-21(25)14-27-22(26)18-10-12-19(13-11-18)24-16(2)8-9-17(24)3/h4-13H,14H2,1-3H3,(H,23,25). The Labute approximate surface area is 158 Å². The number of para-hydroxylation sites is 1. The number of ether oxygens (including phenoxy) is 1. The maximum atomic E-state index is 12.2. The summed E-state index contributed by atoms with van der Waals surface area (Å²) in [7, 11) is 0. The summed E-state index contributed by atoms with van der Waals surface area (Å²) in [5.41, 5.74) is 5.28. The number of aromatic nitrogens is 1. The molecule has 0 radical (unpaired) electrons. The Bertz CT molecular complexity index is 952. The fourth-order valence-electron chi connectivity index (χ4n) is 2.94. The van der Waals surface area contributed by atoms with E-state index in [0.29, 0.717) is 11.3 Å². The van der Waals surface area contributed by atoms with E-state index in [4.69, 9.17) is 4.74 Å². The molecule has 1 N–H and O–H groups in total. The van der Waals surface area contributed by atoms with Gasteiger partial charge in [0.25, 0.3) is 5.91 Å². The monoisotopic (exact) mass is 362 g/mol. The molecule has 27 heavy (non-hydrogen) atoms. The molecule has 5 nitrogen and oxygen atoms in total. The second-order valence-electron chi connectivity index (χ2n) is 6.44. The van der Waals surface area contributed by atoms with Crippen molar-refractivity contribution in [3.05, 3.63) is 83.2 Å². The molecule has 5 heteroatoms. The number of esters is 1. The van der Waals surface area contributed by atoms with Crippen molar-refractivity contribution in [3.8, 4) is 5.69 Å². The summed E-state index contributed by atoms with van der Waals surface area (Å²) in [6.45, 7) is 5.63. The van der Waals surface area contributed by atoms with Crippen molar-refractivity contribution in [2.24, 2.45) is 0 Å². The van der Waals surface area contributed by atoms with Gasteiger partial charge in [-0.15, -0.1) is 0 Å². The molecule has 0 unspecified atom stereocenters. The highest BCUT2D eigenvalue weighted by atomic mass is 16.5. The molecular weight excluding hydrogens is 340 g/mol. The number of hydrogen-bond acceptors (Lipinski definition) is 3. The minimum absolute atomic E-state index is 0.329. The van der Waals surface area contributed by atoms with E-state index in [1.54, 1.807) is 18.2 Å². The third-order valence-electron chi connectivity index (χ3n) is 4.39. The lowest BCUT2D eigenvalue weighted by molar-refractivity contribution is -0.119. The van der Waals surface area contributed by atoms with E-state index in [2.05, 4.69) is 9.88 Å². The van der Waals surface area contributed by atoms with Gasteiger partial charge in [0.2, 0.25) is 0 Å². The number of aryl methyl sites for hydroxylation is 3. The minimum atomic E-state index is -0.526. The molecule has 1 aromatic heterocycles. The van der Waals surface area contributed by atoms with Gasteiger partial charge in [-0.2, -0.15) is 0 Å². The summed E-state index contributed by atoms with van der Waals surface area (Å²) in [6, 6.07) is 18.7. The molecule has 0 bridgehead atoms. The lowest BCUT2D eigenvalue weighted by atomic mass is 10.2. The highest BCUT2D eigenvalue weighted by molar-refractivity contribution is 5.95. The number of anilines is 1. The van der Waals surface area contributed by atoms with Crippen LogP contribution in [0.3, 0.4) is 0 Å². The van der Waals surface area contributed by atoms with Crippen molar-refractivity contribution in [1.29, 1.82) is 0 Å². The Hall–Kier alpha value is -3.34. The Morgan fingerprint density at radius 2 is 1.52 bits per heavy atom. The zero-order chi connectivity index (χ0) is 19.4. The number of hydrogen-bond donors (Lipinski definition) is 1. The van der Waals surface area contributed by atoms with E-state index in [1.165, 1.54) is 0 Å². The molecule has 0 fully saturated rings. The molecule has 2 aromatic carbocycles. The molecule has 138 valence electrons. The average Bonchev–Trinajstić information content (AvgIpc) is 3.00. The molecule has 0 saturated carbocycles. The van der Waals surface area contributed by atoms with E-state index in [-0.39, 0.29) is 12.5 Å². The predicted molar refractivity (Wildman–Crippen MR) is 105 cm³/mol. The van der Waals surface area contributed by atoms with Crippen LogP contribution in [-0.2, 0) is 9.53 Å². The minimum Gasteiger partial charge on any atom is -0.452 e. The van der Waals surface area contributed by atoms with E-state index in [0.717, 1.165) is 22.6 Å². The maximum Gasteiger partial charge on any atom is 0.338 e. The fourth-order valence-corrected chi connectivity index (χ4v) is 2.94. The molecule has 0 saturated heterocycles. The molecule has 0 aliphatic heterocycles. The quantitative estimate of drug-likeness (QED) is 0.692. The average molecular weight is 362 g/mol. The van der Waals surface area contributed by atoms with Crippen LogP contribution in [0.5, 0.6) is 0 Å². The van der Waals surface area contributed by atoms with Gasteiger partial charge in [-0.25, -0.2) is 4.79 Å². The summed E-state index contributed by atoms with van der Waals surface area (Å²) < 4.78 is 7.22. The summed E-state index contributed by atoms with van der Waals surface area (Å²) in [6.07, 6.45) is 0. The zero-order valence-corrected chi connectivity index (χ0v) is 15.7. The van der Waals surface area contributed by atoms with Crippen LogP contribution in [0.25, 0.3) is 5.69 Å². The van der Waals surface area contributed by atoms with Crippen LogP contribution >= 0.6 is 0 Å². The van der Waals surface area contributed by atoms with Crippen molar-refractivity contribution in [2.75, 3.05) is 11.9 Å². The SMILES string of the molecule is Cc1ccccc1NC(=O)COC(=O)c1ccc(-n2c(C)ccc2C)cc1. The van der Waals surface area contributed by atoms with E-state index in [1.807, 2.05) is 63.2 Å². The topological polar surface area (TPSA) is 60.3 Å². The Morgan fingerprint density at radius 3 is 2.15 bits per heavy atom. The Morgan fingerprint density at radius 1 is 0.889 bits per heavy atom. The number of nitrogens with one attached hydrogen (secondary N) is 1. The smallest absolute Gasteiger partial charge is 0.338 e. The first-order chi connectivity index (χ1) is 13.0. The van der Waals surface area contributed by atoms with Gasteiger partial charge >= 0.3 is 5.97 Å². The third kappa shape index (κ3) is 4.26. The molecule has 1 heterocycles. The van der Waals surface area contributed by atoms with Gasteiger partial charge in [-0.1, -0.05) is 18.2 Å². The van der Waals surface area contributed by atoms with Gasteiger partial charge in [0, 0.05) is 22.8 Å². The zero-order valence-electron chi connectivity index (χ0n) is 15.7. The normalized spacial score (nSPS) is 10.5. The van der Waals surface area contributed by atoms with Crippen molar-refractivity contribution >= 4 is 17.6 Å². The number of benzene rings is 2. The van der Waals surface area contributed by atoms with Gasteiger partial charge in [0.05, 0.1) is 5.56 Å².